The molecule has 0 aliphatic carbocycles. The highest BCUT2D eigenvalue weighted by Crippen LogP contribution is 2.34. The summed E-state index contributed by atoms with van der Waals surface area (Å²) in [6.07, 6.45) is 2.00. The van der Waals surface area contributed by atoms with Gasteiger partial charge in [-0.3, -0.25) is 4.79 Å². The highest BCUT2D eigenvalue weighted by Gasteiger charge is 2.21. The first-order valence-corrected chi connectivity index (χ1v) is 9.78. The minimum Gasteiger partial charge on any atom is -0.497 e. The Hall–Kier alpha value is -3.24. The Labute approximate surface area is 174 Å². The number of H-pyrrole nitrogens is 1. The monoisotopic (exact) mass is 404 g/mol. The topological polar surface area (TPSA) is 54.1 Å². The van der Waals surface area contributed by atoms with Gasteiger partial charge in [0.25, 0.3) is 5.91 Å². The van der Waals surface area contributed by atoms with Crippen LogP contribution < -0.4 is 10.1 Å². The second-order valence-electron chi connectivity index (χ2n) is 6.81. The van der Waals surface area contributed by atoms with Crippen molar-refractivity contribution < 1.29 is 9.53 Å². The van der Waals surface area contributed by atoms with Gasteiger partial charge in [-0.1, -0.05) is 54.1 Å². The Kier molecular flexibility index (Phi) is 5.54. The molecule has 0 radical (unpaired) electrons. The lowest BCUT2D eigenvalue weighted by Crippen LogP contribution is -2.29. The lowest BCUT2D eigenvalue weighted by Gasteiger charge is -2.19. The SMILES string of the molecule is COc1cccc(C(=O)NC[C@H](c2ccccc2Cl)c2c[nH]c3ccccc23)c1. The van der Waals surface area contributed by atoms with Crippen molar-refractivity contribution in [2.45, 2.75) is 5.92 Å². The first kappa shape index (κ1) is 19.1. The van der Waals surface area contributed by atoms with E-state index in [1.165, 1.54) is 0 Å². The zero-order chi connectivity index (χ0) is 20.2. The van der Waals surface area contributed by atoms with Crippen molar-refractivity contribution in [3.63, 3.8) is 0 Å². The van der Waals surface area contributed by atoms with Crippen LogP contribution >= 0.6 is 11.6 Å². The van der Waals surface area contributed by atoms with E-state index in [-0.39, 0.29) is 11.8 Å². The van der Waals surface area contributed by atoms with Gasteiger partial charge in [-0.05, 0) is 41.5 Å². The summed E-state index contributed by atoms with van der Waals surface area (Å²) in [7, 11) is 1.58. The molecular weight excluding hydrogens is 384 g/mol. The van der Waals surface area contributed by atoms with E-state index < -0.39 is 0 Å². The Morgan fingerprint density at radius 2 is 1.83 bits per heavy atom. The number of carbonyl (C=O) groups is 1. The molecule has 2 N–H and O–H groups in total. The molecule has 4 rings (SSSR count). The van der Waals surface area contributed by atoms with E-state index in [0.29, 0.717) is 22.9 Å². The van der Waals surface area contributed by atoms with Gasteiger partial charge in [-0.15, -0.1) is 0 Å². The van der Waals surface area contributed by atoms with Crippen molar-refractivity contribution in [1.29, 1.82) is 0 Å². The number of fused-ring (bicyclic) bond motifs is 1. The van der Waals surface area contributed by atoms with Crippen molar-refractivity contribution in [2.75, 3.05) is 13.7 Å². The van der Waals surface area contributed by atoms with Crippen LogP contribution in [0.1, 0.15) is 27.4 Å². The van der Waals surface area contributed by atoms with Crippen LogP contribution in [0.5, 0.6) is 5.75 Å². The number of para-hydroxylation sites is 1. The van der Waals surface area contributed by atoms with Gasteiger partial charge >= 0.3 is 0 Å². The van der Waals surface area contributed by atoms with Crippen molar-refractivity contribution in [1.82, 2.24) is 10.3 Å². The number of aromatic nitrogens is 1. The van der Waals surface area contributed by atoms with E-state index in [1.807, 2.05) is 54.7 Å². The molecule has 0 unspecified atom stereocenters. The predicted molar refractivity (Wildman–Crippen MR) is 117 cm³/mol. The van der Waals surface area contributed by atoms with Crippen LogP contribution in [0.25, 0.3) is 10.9 Å². The third-order valence-electron chi connectivity index (χ3n) is 5.08. The normalized spacial score (nSPS) is 11.9. The molecule has 5 heteroatoms. The quantitative estimate of drug-likeness (QED) is 0.452. The number of nitrogens with one attached hydrogen (secondary N) is 2. The molecule has 0 fully saturated rings. The van der Waals surface area contributed by atoms with E-state index in [2.05, 4.69) is 16.4 Å². The maximum absolute atomic E-state index is 12.8. The second kappa shape index (κ2) is 8.41. The van der Waals surface area contributed by atoms with E-state index in [9.17, 15) is 4.79 Å². The molecule has 29 heavy (non-hydrogen) atoms. The zero-order valence-electron chi connectivity index (χ0n) is 16.0. The van der Waals surface area contributed by atoms with Gasteiger partial charge in [0.05, 0.1) is 7.11 Å². The Balaban J connectivity index is 1.66. The lowest BCUT2D eigenvalue weighted by molar-refractivity contribution is 0.0952. The van der Waals surface area contributed by atoms with Gasteiger partial charge in [0.2, 0.25) is 0 Å². The van der Waals surface area contributed by atoms with E-state index in [0.717, 1.165) is 22.0 Å². The summed E-state index contributed by atoms with van der Waals surface area (Å²) < 4.78 is 5.22. The number of methoxy groups -OCH3 is 1. The first-order chi connectivity index (χ1) is 14.2. The molecule has 4 nitrogen and oxygen atoms in total. The molecule has 0 aliphatic rings. The molecule has 0 spiro atoms. The fraction of sp³-hybridized carbons (Fsp3) is 0.125. The molecule has 1 heterocycles. The van der Waals surface area contributed by atoms with Gasteiger partial charge in [-0.25, -0.2) is 0 Å². The van der Waals surface area contributed by atoms with Crippen molar-refractivity contribution in [3.05, 3.63) is 101 Å². The summed E-state index contributed by atoms with van der Waals surface area (Å²) in [4.78, 5) is 16.1. The average molecular weight is 405 g/mol. The van der Waals surface area contributed by atoms with Gasteiger partial charge in [0.1, 0.15) is 5.75 Å². The van der Waals surface area contributed by atoms with Crippen LogP contribution in [0.2, 0.25) is 5.02 Å². The van der Waals surface area contributed by atoms with Gasteiger partial charge in [-0.2, -0.15) is 0 Å². The Morgan fingerprint density at radius 3 is 2.66 bits per heavy atom. The van der Waals surface area contributed by atoms with Crippen molar-refractivity contribution in [2.24, 2.45) is 0 Å². The van der Waals surface area contributed by atoms with Crippen LogP contribution in [0.15, 0.2) is 79.0 Å². The van der Waals surface area contributed by atoms with Crippen LogP contribution in [0, 0.1) is 0 Å². The Bertz CT molecular complexity index is 1150. The molecule has 0 saturated heterocycles. The van der Waals surface area contributed by atoms with Crippen molar-refractivity contribution >= 4 is 28.4 Å². The summed E-state index contributed by atoms with van der Waals surface area (Å²) in [6.45, 7) is 0.418. The van der Waals surface area contributed by atoms with Crippen LogP contribution in [-0.4, -0.2) is 24.5 Å². The second-order valence-corrected chi connectivity index (χ2v) is 7.21. The number of amides is 1. The average Bonchev–Trinajstić information content (AvgIpc) is 3.19. The highest BCUT2D eigenvalue weighted by atomic mass is 35.5. The van der Waals surface area contributed by atoms with Crippen LogP contribution in [0.4, 0.5) is 0 Å². The third-order valence-corrected chi connectivity index (χ3v) is 5.42. The highest BCUT2D eigenvalue weighted by molar-refractivity contribution is 6.31. The van der Waals surface area contributed by atoms with Crippen molar-refractivity contribution in [3.8, 4) is 5.75 Å². The standard InChI is InChI=1S/C24H21ClN2O2/c1-29-17-8-6-7-16(13-17)24(28)27-15-20(18-9-2-4-11-22(18)25)21-14-26-23-12-5-3-10-19(21)23/h2-14,20,26H,15H2,1H3,(H,27,28)/t20-/m1/s1. The van der Waals surface area contributed by atoms with Gasteiger partial charge in [0, 0.05) is 40.1 Å². The summed E-state index contributed by atoms with van der Waals surface area (Å²) in [5.74, 6) is 0.409. The number of carbonyl (C=O) groups excluding carboxylic acids is 1. The van der Waals surface area contributed by atoms with Crippen LogP contribution in [0.3, 0.4) is 0 Å². The van der Waals surface area contributed by atoms with E-state index in [4.69, 9.17) is 16.3 Å². The number of rotatable bonds is 6. The molecule has 0 bridgehead atoms. The molecule has 1 aromatic heterocycles. The maximum atomic E-state index is 12.8. The summed E-state index contributed by atoms with van der Waals surface area (Å²) in [5, 5.41) is 4.86. The minimum atomic E-state index is -0.152. The molecule has 4 aromatic rings. The van der Waals surface area contributed by atoms with Gasteiger partial charge < -0.3 is 15.0 Å². The summed E-state index contributed by atoms with van der Waals surface area (Å²) in [5.41, 5.74) is 3.68. The number of aromatic amines is 1. The molecule has 3 aromatic carbocycles. The molecule has 1 amide bonds. The molecule has 0 saturated carbocycles. The lowest BCUT2D eigenvalue weighted by atomic mass is 9.90. The Morgan fingerprint density at radius 1 is 1.03 bits per heavy atom. The molecule has 0 aliphatic heterocycles. The largest absolute Gasteiger partial charge is 0.497 e. The molecule has 1 atom stereocenters. The van der Waals surface area contributed by atoms with Crippen LogP contribution in [-0.2, 0) is 0 Å². The summed E-state index contributed by atoms with van der Waals surface area (Å²) in [6, 6.07) is 23.0. The smallest absolute Gasteiger partial charge is 0.251 e. The number of hydrogen-bond donors (Lipinski definition) is 2. The van der Waals surface area contributed by atoms with Gasteiger partial charge in [0.15, 0.2) is 0 Å². The number of ether oxygens (including phenoxy) is 1. The third kappa shape index (κ3) is 3.98. The van der Waals surface area contributed by atoms with E-state index >= 15 is 0 Å². The minimum absolute atomic E-state index is 0.0885. The number of benzene rings is 3. The fourth-order valence-electron chi connectivity index (χ4n) is 3.59. The van der Waals surface area contributed by atoms with E-state index in [1.54, 1.807) is 25.3 Å². The summed E-state index contributed by atoms with van der Waals surface area (Å²) >= 11 is 6.52. The zero-order valence-corrected chi connectivity index (χ0v) is 16.7. The predicted octanol–water partition coefficient (Wildman–Crippen LogP) is 5.39. The fourth-order valence-corrected chi connectivity index (χ4v) is 3.86. The number of hydrogen-bond acceptors (Lipinski definition) is 2. The number of halogens is 1. The first-order valence-electron chi connectivity index (χ1n) is 9.40. The molecular formula is C24H21ClN2O2. The maximum Gasteiger partial charge on any atom is 0.251 e. The molecule has 146 valence electrons.